The fourth-order valence-electron chi connectivity index (χ4n) is 1.44. The molecular formula is C11H15NO2. The summed E-state index contributed by atoms with van der Waals surface area (Å²) in [6.45, 7) is 2.80. The molecule has 0 aliphatic heterocycles. The van der Waals surface area contributed by atoms with Gasteiger partial charge in [-0.1, -0.05) is 24.3 Å². The molecule has 1 atom stereocenters. The van der Waals surface area contributed by atoms with Crippen LogP contribution in [0.15, 0.2) is 24.3 Å². The standard InChI is InChI=1S/C11H15NO2/c1-9-5-3-4-6-10(9)7-12(2)8-11(13)14/h3-6H,7-8H2,1-2H3,(H,13,14). The number of benzene rings is 1. The van der Waals surface area contributed by atoms with Gasteiger partial charge in [0.05, 0.1) is 13.0 Å². The Hall–Kier alpha value is -1.35. The van der Waals surface area contributed by atoms with Crippen molar-refractivity contribution < 1.29 is 14.8 Å². The molecule has 1 aromatic rings. The average Bonchev–Trinajstić information content (AvgIpc) is 2.07. The van der Waals surface area contributed by atoms with Gasteiger partial charge in [0.15, 0.2) is 0 Å². The lowest BCUT2D eigenvalue weighted by atomic mass is 10.1. The molecule has 0 amide bonds. The van der Waals surface area contributed by atoms with Crippen LogP contribution in [0.3, 0.4) is 0 Å². The van der Waals surface area contributed by atoms with Gasteiger partial charge in [0.2, 0.25) is 0 Å². The van der Waals surface area contributed by atoms with E-state index < -0.39 is 5.97 Å². The zero-order chi connectivity index (χ0) is 10.6. The summed E-state index contributed by atoms with van der Waals surface area (Å²) >= 11 is 0. The van der Waals surface area contributed by atoms with E-state index in [2.05, 4.69) is 0 Å². The van der Waals surface area contributed by atoms with Crippen LogP contribution in [0.2, 0.25) is 0 Å². The van der Waals surface area contributed by atoms with E-state index in [4.69, 9.17) is 0 Å². The minimum absolute atomic E-state index is 0.0499. The number of carbonyl (C=O) groups excluding carboxylic acids is 1. The largest absolute Gasteiger partial charge is 0.544 e. The predicted molar refractivity (Wildman–Crippen MR) is 51.6 cm³/mol. The topological polar surface area (TPSA) is 44.6 Å². The molecule has 14 heavy (non-hydrogen) atoms. The van der Waals surface area contributed by atoms with Gasteiger partial charge in [-0.05, 0) is 12.5 Å². The van der Waals surface area contributed by atoms with Crippen molar-refractivity contribution >= 4 is 5.97 Å². The van der Waals surface area contributed by atoms with Crippen molar-refractivity contribution in [2.75, 3.05) is 13.6 Å². The Kier molecular flexibility index (Phi) is 3.65. The van der Waals surface area contributed by atoms with Crippen LogP contribution >= 0.6 is 0 Å². The number of carboxylic acids is 1. The first-order chi connectivity index (χ1) is 6.59. The lowest BCUT2D eigenvalue weighted by Gasteiger charge is -2.15. The molecule has 0 bridgehead atoms. The third kappa shape index (κ3) is 3.18. The van der Waals surface area contributed by atoms with Gasteiger partial charge in [0.1, 0.15) is 13.1 Å². The maximum absolute atomic E-state index is 10.4. The Morgan fingerprint density at radius 2 is 2.07 bits per heavy atom. The van der Waals surface area contributed by atoms with Gasteiger partial charge in [-0.2, -0.15) is 0 Å². The van der Waals surface area contributed by atoms with E-state index in [-0.39, 0.29) is 6.54 Å². The van der Waals surface area contributed by atoms with Crippen LogP contribution in [-0.2, 0) is 11.3 Å². The number of quaternary nitrogens is 1. The zero-order valence-electron chi connectivity index (χ0n) is 8.54. The lowest BCUT2D eigenvalue weighted by molar-refractivity contribution is -0.888. The molecule has 0 aliphatic rings. The fourth-order valence-corrected chi connectivity index (χ4v) is 1.44. The molecular weight excluding hydrogens is 178 g/mol. The second-order valence-electron chi connectivity index (χ2n) is 3.61. The number of carbonyl (C=O) groups is 1. The third-order valence-electron chi connectivity index (χ3n) is 2.20. The maximum Gasteiger partial charge on any atom is 0.117 e. The number of aryl methyl sites for hydroxylation is 1. The van der Waals surface area contributed by atoms with E-state index in [1.54, 1.807) is 0 Å². The van der Waals surface area contributed by atoms with Crippen LogP contribution < -0.4 is 10.0 Å². The molecule has 3 nitrogen and oxygen atoms in total. The smallest absolute Gasteiger partial charge is 0.117 e. The van der Waals surface area contributed by atoms with Crippen molar-refractivity contribution in [1.82, 2.24) is 0 Å². The third-order valence-corrected chi connectivity index (χ3v) is 2.20. The predicted octanol–water partition coefficient (Wildman–Crippen LogP) is -1.24. The minimum Gasteiger partial charge on any atom is -0.544 e. The first-order valence-corrected chi connectivity index (χ1v) is 4.65. The number of hydrogen-bond donors (Lipinski definition) is 1. The van der Waals surface area contributed by atoms with Crippen molar-refractivity contribution in [3.05, 3.63) is 35.4 Å². The number of likely N-dealkylation sites (N-methyl/N-ethyl adjacent to an activating group) is 1. The average molecular weight is 193 g/mol. The second kappa shape index (κ2) is 4.77. The maximum atomic E-state index is 10.4. The quantitative estimate of drug-likeness (QED) is 0.650. The molecule has 0 aliphatic carbocycles. The van der Waals surface area contributed by atoms with Gasteiger partial charge >= 0.3 is 0 Å². The summed E-state index contributed by atoms with van der Waals surface area (Å²) in [5.41, 5.74) is 2.39. The number of carboxylic acid groups (broad SMARTS) is 1. The monoisotopic (exact) mass is 193 g/mol. The molecule has 3 heteroatoms. The van der Waals surface area contributed by atoms with Crippen LogP contribution in [0, 0.1) is 6.92 Å². The highest BCUT2D eigenvalue weighted by Crippen LogP contribution is 2.04. The van der Waals surface area contributed by atoms with Crippen LogP contribution in [0.25, 0.3) is 0 Å². The molecule has 0 fully saturated rings. The van der Waals surface area contributed by atoms with E-state index in [1.807, 2.05) is 38.2 Å². The molecule has 0 radical (unpaired) electrons. The number of nitrogens with one attached hydrogen (secondary N) is 1. The highest BCUT2D eigenvalue weighted by atomic mass is 16.4. The number of aliphatic carboxylic acids is 1. The molecule has 76 valence electrons. The Labute approximate surface area is 84.0 Å². The van der Waals surface area contributed by atoms with E-state index in [0.717, 1.165) is 11.4 Å². The first kappa shape index (κ1) is 10.7. The summed E-state index contributed by atoms with van der Waals surface area (Å²) in [6.07, 6.45) is 0. The molecule has 1 N–H and O–H groups in total. The van der Waals surface area contributed by atoms with Crippen LogP contribution in [0.5, 0.6) is 0 Å². The molecule has 0 saturated carbocycles. The van der Waals surface area contributed by atoms with Gasteiger partial charge in [-0.25, -0.2) is 0 Å². The van der Waals surface area contributed by atoms with Crippen LogP contribution in [0.4, 0.5) is 0 Å². The molecule has 0 aromatic heterocycles. The summed E-state index contributed by atoms with van der Waals surface area (Å²) in [4.78, 5) is 11.3. The van der Waals surface area contributed by atoms with Crippen molar-refractivity contribution in [2.45, 2.75) is 13.5 Å². The van der Waals surface area contributed by atoms with E-state index >= 15 is 0 Å². The normalized spacial score (nSPS) is 12.4. The summed E-state index contributed by atoms with van der Waals surface area (Å²) in [5, 5.41) is 10.4. The van der Waals surface area contributed by atoms with Crippen molar-refractivity contribution in [3.63, 3.8) is 0 Å². The van der Waals surface area contributed by atoms with Crippen molar-refractivity contribution in [1.29, 1.82) is 0 Å². The van der Waals surface area contributed by atoms with Gasteiger partial charge in [0.25, 0.3) is 0 Å². The Morgan fingerprint density at radius 1 is 1.43 bits per heavy atom. The van der Waals surface area contributed by atoms with Crippen LogP contribution in [-0.4, -0.2) is 19.6 Å². The molecule has 1 unspecified atom stereocenters. The van der Waals surface area contributed by atoms with Crippen molar-refractivity contribution in [2.24, 2.45) is 0 Å². The number of hydrogen-bond acceptors (Lipinski definition) is 2. The fraction of sp³-hybridized carbons (Fsp3) is 0.364. The second-order valence-corrected chi connectivity index (χ2v) is 3.61. The molecule has 1 aromatic carbocycles. The molecule has 0 spiro atoms. The van der Waals surface area contributed by atoms with E-state index in [9.17, 15) is 9.90 Å². The molecule has 0 heterocycles. The number of rotatable bonds is 4. The van der Waals surface area contributed by atoms with Gasteiger partial charge in [0, 0.05) is 5.56 Å². The summed E-state index contributed by atoms with van der Waals surface area (Å²) in [7, 11) is 1.85. The molecule has 1 rings (SSSR count). The highest BCUT2D eigenvalue weighted by Gasteiger charge is 2.05. The SMILES string of the molecule is Cc1ccccc1C[NH+](C)CC(=O)[O-]. The molecule has 0 saturated heterocycles. The van der Waals surface area contributed by atoms with E-state index in [1.165, 1.54) is 11.1 Å². The lowest BCUT2D eigenvalue weighted by Crippen LogP contribution is -3.09. The summed E-state index contributed by atoms with van der Waals surface area (Å²) < 4.78 is 0. The zero-order valence-corrected chi connectivity index (χ0v) is 8.54. The first-order valence-electron chi connectivity index (χ1n) is 4.65. The Morgan fingerprint density at radius 3 is 2.64 bits per heavy atom. The minimum atomic E-state index is -1.00. The highest BCUT2D eigenvalue weighted by molar-refractivity contribution is 5.65. The Bertz CT molecular complexity index is 323. The summed E-state index contributed by atoms with van der Waals surface area (Å²) in [5.74, 6) is -1.00. The van der Waals surface area contributed by atoms with E-state index in [0.29, 0.717) is 0 Å². The van der Waals surface area contributed by atoms with Gasteiger partial charge in [-0.3, -0.25) is 0 Å². The summed E-state index contributed by atoms with van der Waals surface area (Å²) in [6, 6.07) is 8.00. The van der Waals surface area contributed by atoms with Gasteiger partial charge < -0.3 is 14.8 Å². The van der Waals surface area contributed by atoms with Crippen LogP contribution in [0.1, 0.15) is 11.1 Å². The van der Waals surface area contributed by atoms with Crippen molar-refractivity contribution in [3.8, 4) is 0 Å². The van der Waals surface area contributed by atoms with Gasteiger partial charge in [-0.15, -0.1) is 0 Å². The Balaban J connectivity index is 2.60.